The molecule has 0 aliphatic rings. The van der Waals surface area contributed by atoms with Gasteiger partial charge in [0.1, 0.15) is 9.92 Å². The highest BCUT2D eigenvalue weighted by atomic mass is 127. The van der Waals surface area contributed by atoms with Crippen molar-refractivity contribution in [2.45, 2.75) is 6.92 Å². The number of halogens is 2. The van der Waals surface area contributed by atoms with Gasteiger partial charge >= 0.3 is 0 Å². The quantitative estimate of drug-likeness (QED) is 0.765. The van der Waals surface area contributed by atoms with Gasteiger partial charge in [-0.3, -0.25) is 4.72 Å². The first kappa shape index (κ1) is 12.3. The number of hydrogen-bond acceptors (Lipinski definition) is 2. The van der Waals surface area contributed by atoms with Crippen LogP contribution in [0.15, 0.2) is 22.7 Å². The lowest BCUT2D eigenvalue weighted by Crippen LogP contribution is -2.13. The highest BCUT2D eigenvalue weighted by Gasteiger charge is 2.06. The summed E-state index contributed by atoms with van der Waals surface area (Å²) in [5.74, 6) is 0.297. The maximum absolute atomic E-state index is 11.5. The average Bonchev–Trinajstić information content (AvgIpc) is 2.11. The minimum Gasteiger partial charge on any atom is -0.298 e. The van der Waals surface area contributed by atoms with E-state index in [9.17, 15) is 4.21 Å². The maximum Gasteiger partial charge on any atom is 0.126 e. The van der Waals surface area contributed by atoms with Gasteiger partial charge < -0.3 is 0 Å². The molecule has 1 rings (SSSR count). The van der Waals surface area contributed by atoms with Crippen molar-refractivity contribution in [1.82, 2.24) is 0 Å². The summed E-state index contributed by atoms with van der Waals surface area (Å²) in [4.78, 5) is 0. The van der Waals surface area contributed by atoms with E-state index in [1.54, 1.807) is 6.92 Å². The third-order valence-electron chi connectivity index (χ3n) is 1.61. The molecule has 1 aromatic carbocycles. The first-order valence-electron chi connectivity index (χ1n) is 3.94. The molecule has 1 aromatic rings. The molecule has 14 heavy (non-hydrogen) atoms. The van der Waals surface area contributed by atoms with Crippen LogP contribution in [-0.4, -0.2) is 9.96 Å². The van der Waals surface area contributed by atoms with Gasteiger partial charge in [-0.2, -0.15) is 0 Å². The summed E-state index contributed by atoms with van der Waals surface area (Å²) in [5.41, 5.74) is 0.707. The third-order valence-corrected chi connectivity index (χ3v) is 4.33. The fraction of sp³-hybridized carbons (Fsp3) is 0.250. The molecule has 0 saturated carbocycles. The summed E-state index contributed by atoms with van der Waals surface area (Å²) in [6.45, 7) is 1.73. The van der Waals surface area contributed by atoms with Gasteiger partial charge in [0.05, 0.1) is 5.69 Å². The van der Waals surface area contributed by atoms with Crippen LogP contribution in [0.2, 0.25) is 0 Å². The van der Waals surface area contributed by atoms with Crippen LogP contribution in [0.3, 0.4) is 0 Å². The smallest absolute Gasteiger partial charge is 0.126 e. The lowest BCUT2D eigenvalue weighted by Gasteiger charge is -2.10. The Morgan fingerprint density at radius 3 is 2.86 bits per heavy atom. The molecule has 0 bridgehead atoms. The average molecular weight is 389 g/mol. The van der Waals surface area contributed by atoms with Crippen molar-refractivity contribution < 1.29 is 4.21 Å². The fourth-order valence-electron chi connectivity index (χ4n) is 0.825. The van der Waals surface area contributed by atoms with Crippen LogP contribution in [0.1, 0.15) is 6.92 Å². The molecular formula is C8H10BrIN2OS. The summed E-state index contributed by atoms with van der Waals surface area (Å²) in [6.07, 6.45) is 0. The van der Waals surface area contributed by atoms with E-state index < -0.39 is 9.92 Å². The molecule has 6 heteroatoms. The highest BCUT2D eigenvalue weighted by Crippen LogP contribution is 2.25. The van der Waals surface area contributed by atoms with E-state index in [1.165, 1.54) is 0 Å². The van der Waals surface area contributed by atoms with E-state index in [1.807, 2.05) is 18.2 Å². The number of rotatable bonds is 3. The molecule has 0 heterocycles. The van der Waals surface area contributed by atoms with Crippen molar-refractivity contribution in [2.75, 3.05) is 10.5 Å². The second-order valence-corrected chi connectivity index (χ2v) is 6.92. The molecule has 1 atom stereocenters. The summed E-state index contributed by atoms with van der Waals surface area (Å²) in [5, 5.41) is 0. The fourth-order valence-corrected chi connectivity index (χ4v) is 2.46. The molecule has 3 nitrogen and oxygen atoms in total. The van der Waals surface area contributed by atoms with Crippen molar-refractivity contribution in [3.63, 3.8) is 0 Å². The van der Waals surface area contributed by atoms with E-state index >= 15 is 0 Å². The predicted octanol–water partition coefficient (Wildman–Crippen LogP) is 3.45. The molecule has 0 radical (unpaired) electrons. The molecule has 0 saturated heterocycles. The van der Waals surface area contributed by atoms with Gasteiger partial charge in [-0.1, -0.05) is 6.92 Å². The number of nitrogens with one attached hydrogen (secondary N) is 2. The molecule has 0 aromatic heterocycles. The zero-order chi connectivity index (χ0) is 10.8. The molecule has 0 aliphatic carbocycles. The van der Waals surface area contributed by atoms with Crippen LogP contribution < -0.4 is 4.72 Å². The Kier molecular flexibility index (Phi) is 4.20. The van der Waals surface area contributed by atoms with Crippen LogP contribution in [0.25, 0.3) is 0 Å². The predicted molar refractivity (Wildman–Crippen MR) is 71.9 cm³/mol. The summed E-state index contributed by atoms with van der Waals surface area (Å²) in [7, 11) is -2.70. The molecule has 0 aliphatic heterocycles. The van der Waals surface area contributed by atoms with E-state index in [0.29, 0.717) is 11.4 Å². The van der Waals surface area contributed by atoms with Crippen molar-refractivity contribution in [1.29, 1.82) is 4.78 Å². The van der Waals surface area contributed by atoms with Crippen molar-refractivity contribution in [3.05, 3.63) is 26.2 Å². The van der Waals surface area contributed by atoms with Crippen LogP contribution >= 0.6 is 38.5 Å². The van der Waals surface area contributed by atoms with Gasteiger partial charge in [-0.25, -0.2) is 8.99 Å². The second kappa shape index (κ2) is 4.80. The Morgan fingerprint density at radius 2 is 2.29 bits per heavy atom. The SMILES string of the molecule is CCS(=N)(=O)Nc1cc(I)ccc1Br. The Morgan fingerprint density at radius 1 is 1.64 bits per heavy atom. The minimum atomic E-state index is -2.70. The summed E-state index contributed by atoms with van der Waals surface area (Å²) < 4.78 is 23.6. The largest absolute Gasteiger partial charge is 0.298 e. The molecular weight excluding hydrogens is 379 g/mol. The Bertz CT molecular complexity index is 433. The van der Waals surface area contributed by atoms with Gasteiger partial charge in [-0.05, 0) is 56.7 Å². The normalized spacial score (nSPS) is 14.8. The van der Waals surface area contributed by atoms with E-state index in [0.717, 1.165) is 8.04 Å². The molecule has 2 N–H and O–H groups in total. The molecule has 0 amide bonds. The number of benzene rings is 1. The topological polar surface area (TPSA) is 53.0 Å². The molecule has 78 valence electrons. The molecule has 1 unspecified atom stereocenters. The standard InChI is InChI=1S/C8H10BrIN2OS/c1-2-14(11,13)12-8-5-6(10)3-4-7(8)9/h3-5H,2H2,1H3,(H2,11,12,13). The van der Waals surface area contributed by atoms with Gasteiger partial charge in [0, 0.05) is 13.8 Å². The second-order valence-electron chi connectivity index (χ2n) is 2.69. The summed E-state index contributed by atoms with van der Waals surface area (Å²) in [6, 6.07) is 5.66. The number of anilines is 1. The van der Waals surface area contributed by atoms with Crippen LogP contribution in [-0.2, 0) is 9.92 Å². The zero-order valence-electron chi connectivity index (χ0n) is 7.51. The van der Waals surface area contributed by atoms with Gasteiger partial charge in [0.15, 0.2) is 0 Å². The van der Waals surface area contributed by atoms with Gasteiger partial charge in [0.25, 0.3) is 0 Å². The van der Waals surface area contributed by atoms with E-state index in [2.05, 4.69) is 43.2 Å². The van der Waals surface area contributed by atoms with Gasteiger partial charge in [0.2, 0.25) is 0 Å². The van der Waals surface area contributed by atoms with Crippen molar-refractivity contribution >= 4 is 54.1 Å². The van der Waals surface area contributed by atoms with Crippen LogP contribution in [0, 0.1) is 8.35 Å². The van der Waals surface area contributed by atoms with Crippen LogP contribution in [0.5, 0.6) is 0 Å². The molecule has 0 fully saturated rings. The Labute approximate surface area is 106 Å². The lowest BCUT2D eigenvalue weighted by atomic mass is 10.3. The monoisotopic (exact) mass is 388 g/mol. The first-order chi connectivity index (χ1) is 6.44. The Hall–Kier alpha value is 0.180. The third kappa shape index (κ3) is 3.39. The summed E-state index contributed by atoms with van der Waals surface area (Å²) >= 11 is 5.51. The highest BCUT2D eigenvalue weighted by molar-refractivity contribution is 14.1. The maximum atomic E-state index is 11.5. The van der Waals surface area contributed by atoms with Crippen molar-refractivity contribution in [3.8, 4) is 0 Å². The van der Waals surface area contributed by atoms with Gasteiger partial charge in [-0.15, -0.1) is 0 Å². The molecule has 0 spiro atoms. The zero-order valence-corrected chi connectivity index (χ0v) is 12.1. The van der Waals surface area contributed by atoms with E-state index in [-0.39, 0.29) is 0 Å². The Balaban J connectivity index is 3.03. The van der Waals surface area contributed by atoms with Crippen LogP contribution in [0.4, 0.5) is 5.69 Å². The lowest BCUT2D eigenvalue weighted by molar-refractivity contribution is 0.679. The van der Waals surface area contributed by atoms with Crippen molar-refractivity contribution in [2.24, 2.45) is 0 Å². The van der Waals surface area contributed by atoms with E-state index in [4.69, 9.17) is 4.78 Å². The number of hydrogen-bond donors (Lipinski definition) is 2. The minimum absolute atomic E-state index is 0.297. The first-order valence-corrected chi connectivity index (χ1v) is 7.54.